The molecule has 3 aromatic rings. The second-order valence-corrected chi connectivity index (χ2v) is 7.28. The summed E-state index contributed by atoms with van der Waals surface area (Å²) in [6.07, 6.45) is 0. The highest BCUT2D eigenvalue weighted by Crippen LogP contribution is 2.43. The van der Waals surface area contributed by atoms with Crippen molar-refractivity contribution >= 4 is 38.4 Å². The van der Waals surface area contributed by atoms with E-state index in [-0.39, 0.29) is 11.4 Å². The largest absolute Gasteiger partial charge is 0.503 e. The minimum atomic E-state index is -0.679. The normalized spacial score (nSPS) is 17.4. The molecule has 0 bridgehead atoms. The van der Waals surface area contributed by atoms with Crippen LogP contribution < -0.4 is 4.90 Å². The van der Waals surface area contributed by atoms with Gasteiger partial charge in [0, 0.05) is 0 Å². The van der Waals surface area contributed by atoms with Crippen LogP contribution in [0.2, 0.25) is 0 Å². The molecule has 2 aromatic carbocycles. The van der Waals surface area contributed by atoms with Crippen LogP contribution in [0.4, 0.5) is 5.13 Å². The number of Topliss-reactive ketones (excluding diaryl/α,β-unsaturated/α-hetero) is 1. The standard InChI is InChI=1S/C20H16N2O3S/c1-11-7-9-13(10-8-11)17-16(12(2)23)18(24)19(25)22(17)20-21-14-5-3-4-6-15(14)26-20/h3-10,17,24H,1-2H3. The maximum absolute atomic E-state index is 12.8. The number of ketones is 1. The second-order valence-electron chi connectivity index (χ2n) is 6.27. The molecule has 1 amide bonds. The molecule has 130 valence electrons. The number of fused-ring (bicyclic) bond motifs is 1. The summed E-state index contributed by atoms with van der Waals surface area (Å²) in [5.41, 5.74) is 2.72. The van der Waals surface area contributed by atoms with Crippen LogP contribution in [0.5, 0.6) is 0 Å². The molecule has 1 aliphatic heterocycles. The van der Waals surface area contributed by atoms with Crippen molar-refractivity contribution in [2.45, 2.75) is 19.9 Å². The smallest absolute Gasteiger partial charge is 0.296 e. The lowest BCUT2D eigenvalue weighted by Gasteiger charge is -2.24. The number of thiazole rings is 1. The van der Waals surface area contributed by atoms with E-state index in [0.29, 0.717) is 5.13 Å². The van der Waals surface area contributed by atoms with Gasteiger partial charge in [-0.1, -0.05) is 53.3 Å². The number of carbonyl (C=O) groups excluding carboxylic acids is 2. The first-order valence-electron chi connectivity index (χ1n) is 8.17. The zero-order chi connectivity index (χ0) is 18.4. The SMILES string of the molecule is CC(=O)C1=C(O)C(=O)N(c2nc3ccccc3s2)C1c1ccc(C)cc1. The molecule has 4 rings (SSSR count). The first-order chi connectivity index (χ1) is 12.5. The van der Waals surface area contributed by atoms with Gasteiger partial charge in [0.05, 0.1) is 21.8 Å². The molecule has 0 aliphatic carbocycles. The van der Waals surface area contributed by atoms with Gasteiger partial charge in [-0.3, -0.25) is 14.5 Å². The summed E-state index contributed by atoms with van der Waals surface area (Å²) in [7, 11) is 0. The van der Waals surface area contributed by atoms with E-state index in [1.165, 1.54) is 23.2 Å². The molecule has 2 heterocycles. The Labute approximate surface area is 154 Å². The molecule has 5 nitrogen and oxygen atoms in total. The van der Waals surface area contributed by atoms with Crippen molar-refractivity contribution in [2.75, 3.05) is 4.90 Å². The molecule has 1 aromatic heterocycles. The van der Waals surface area contributed by atoms with Crippen LogP contribution in [0.15, 0.2) is 59.9 Å². The molecule has 0 spiro atoms. The third-order valence-electron chi connectivity index (χ3n) is 4.47. The predicted molar refractivity (Wildman–Crippen MR) is 101 cm³/mol. The molecule has 0 radical (unpaired) electrons. The highest BCUT2D eigenvalue weighted by Gasteiger charge is 2.44. The monoisotopic (exact) mass is 364 g/mol. The summed E-state index contributed by atoms with van der Waals surface area (Å²) in [5.74, 6) is -1.42. The molecule has 6 heteroatoms. The van der Waals surface area contributed by atoms with Crippen LogP contribution in [-0.2, 0) is 9.59 Å². The van der Waals surface area contributed by atoms with Crippen LogP contribution >= 0.6 is 11.3 Å². The predicted octanol–water partition coefficient (Wildman–Crippen LogP) is 4.09. The molecule has 1 aliphatic rings. The molecular formula is C20H16N2O3S. The Morgan fingerprint density at radius 3 is 2.50 bits per heavy atom. The number of anilines is 1. The Morgan fingerprint density at radius 1 is 1.15 bits per heavy atom. The number of aliphatic hydroxyl groups excluding tert-OH is 1. The summed E-state index contributed by atoms with van der Waals surface area (Å²) in [4.78, 5) is 30.9. The van der Waals surface area contributed by atoms with Crippen molar-refractivity contribution in [3.8, 4) is 0 Å². The fourth-order valence-electron chi connectivity index (χ4n) is 3.19. The third kappa shape index (κ3) is 2.50. The van der Waals surface area contributed by atoms with E-state index >= 15 is 0 Å². The first-order valence-corrected chi connectivity index (χ1v) is 8.99. The lowest BCUT2D eigenvalue weighted by Crippen LogP contribution is -2.30. The number of nitrogens with zero attached hydrogens (tertiary/aromatic N) is 2. The van der Waals surface area contributed by atoms with E-state index in [9.17, 15) is 14.7 Å². The van der Waals surface area contributed by atoms with Crippen molar-refractivity contribution in [3.05, 3.63) is 71.0 Å². The molecule has 26 heavy (non-hydrogen) atoms. The Bertz CT molecular complexity index is 1030. The summed E-state index contributed by atoms with van der Waals surface area (Å²) < 4.78 is 0.939. The van der Waals surface area contributed by atoms with Gasteiger partial charge in [-0.05, 0) is 31.5 Å². The van der Waals surface area contributed by atoms with Gasteiger partial charge in [0.1, 0.15) is 0 Å². The minimum Gasteiger partial charge on any atom is -0.503 e. The quantitative estimate of drug-likeness (QED) is 0.760. The first kappa shape index (κ1) is 16.5. The minimum absolute atomic E-state index is 0.109. The number of aryl methyl sites for hydroxylation is 1. The lowest BCUT2D eigenvalue weighted by atomic mass is 9.96. The van der Waals surface area contributed by atoms with E-state index in [1.807, 2.05) is 55.5 Å². The number of benzene rings is 2. The third-order valence-corrected chi connectivity index (χ3v) is 5.50. The summed E-state index contributed by atoms with van der Waals surface area (Å²) >= 11 is 1.36. The molecule has 0 saturated carbocycles. The summed E-state index contributed by atoms with van der Waals surface area (Å²) in [5, 5.41) is 10.8. The number of carbonyl (C=O) groups is 2. The van der Waals surface area contributed by atoms with Crippen LogP contribution in [-0.4, -0.2) is 21.8 Å². The number of aliphatic hydroxyl groups is 1. The second kappa shape index (κ2) is 6.07. The van der Waals surface area contributed by atoms with Crippen LogP contribution in [0.3, 0.4) is 0 Å². The zero-order valence-electron chi connectivity index (χ0n) is 14.3. The average molecular weight is 364 g/mol. The highest BCUT2D eigenvalue weighted by atomic mass is 32.1. The Morgan fingerprint density at radius 2 is 1.85 bits per heavy atom. The lowest BCUT2D eigenvalue weighted by molar-refractivity contribution is -0.117. The molecule has 1 N–H and O–H groups in total. The number of aromatic nitrogens is 1. The van der Waals surface area contributed by atoms with Crippen molar-refractivity contribution in [1.82, 2.24) is 4.98 Å². The zero-order valence-corrected chi connectivity index (χ0v) is 15.1. The number of amides is 1. The van der Waals surface area contributed by atoms with Gasteiger partial charge in [0.25, 0.3) is 5.91 Å². The highest BCUT2D eigenvalue weighted by molar-refractivity contribution is 7.22. The average Bonchev–Trinajstić information content (AvgIpc) is 3.15. The van der Waals surface area contributed by atoms with E-state index in [2.05, 4.69) is 4.98 Å². The van der Waals surface area contributed by atoms with E-state index < -0.39 is 17.7 Å². The maximum atomic E-state index is 12.8. The van der Waals surface area contributed by atoms with Gasteiger partial charge in [0.15, 0.2) is 16.7 Å². The van der Waals surface area contributed by atoms with E-state index in [4.69, 9.17) is 0 Å². The fraction of sp³-hybridized carbons (Fsp3) is 0.150. The number of para-hydroxylation sites is 1. The van der Waals surface area contributed by atoms with Crippen LogP contribution in [0.1, 0.15) is 24.1 Å². The molecule has 1 atom stereocenters. The van der Waals surface area contributed by atoms with Crippen molar-refractivity contribution in [2.24, 2.45) is 0 Å². The van der Waals surface area contributed by atoms with Gasteiger partial charge < -0.3 is 5.11 Å². The van der Waals surface area contributed by atoms with Gasteiger partial charge >= 0.3 is 0 Å². The van der Waals surface area contributed by atoms with Crippen LogP contribution in [0.25, 0.3) is 10.2 Å². The summed E-state index contributed by atoms with van der Waals surface area (Å²) in [6.45, 7) is 3.33. The fourth-order valence-corrected chi connectivity index (χ4v) is 4.18. The van der Waals surface area contributed by atoms with E-state index in [1.54, 1.807) is 0 Å². The topological polar surface area (TPSA) is 70.5 Å². The van der Waals surface area contributed by atoms with Crippen LogP contribution in [0, 0.1) is 6.92 Å². The van der Waals surface area contributed by atoms with Gasteiger partial charge in [-0.2, -0.15) is 0 Å². The Kier molecular flexibility index (Phi) is 3.85. The van der Waals surface area contributed by atoms with Crippen molar-refractivity contribution in [1.29, 1.82) is 0 Å². The van der Waals surface area contributed by atoms with Gasteiger partial charge in [0.2, 0.25) is 0 Å². The molecular weight excluding hydrogens is 348 g/mol. The number of rotatable bonds is 3. The Hall–Kier alpha value is -2.99. The number of hydrogen-bond donors (Lipinski definition) is 1. The van der Waals surface area contributed by atoms with Crippen molar-refractivity contribution < 1.29 is 14.7 Å². The maximum Gasteiger partial charge on any atom is 0.296 e. The Balaban J connectivity index is 1.90. The number of hydrogen-bond acceptors (Lipinski definition) is 5. The molecule has 0 fully saturated rings. The van der Waals surface area contributed by atoms with Crippen molar-refractivity contribution in [3.63, 3.8) is 0 Å². The molecule has 0 saturated heterocycles. The summed E-state index contributed by atoms with van der Waals surface area (Å²) in [6, 6.07) is 14.5. The van der Waals surface area contributed by atoms with Gasteiger partial charge in [-0.15, -0.1) is 0 Å². The van der Waals surface area contributed by atoms with E-state index in [0.717, 1.165) is 21.3 Å². The van der Waals surface area contributed by atoms with Gasteiger partial charge in [-0.25, -0.2) is 4.98 Å². The molecule has 1 unspecified atom stereocenters.